The minimum atomic E-state index is 0.0542. The molecule has 0 bridgehead atoms. The van der Waals surface area contributed by atoms with Crippen molar-refractivity contribution in [2.24, 2.45) is 7.05 Å². The summed E-state index contributed by atoms with van der Waals surface area (Å²) in [4.78, 5) is 22.9. The molecule has 0 unspecified atom stereocenters. The van der Waals surface area contributed by atoms with Crippen molar-refractivity contribution in [3.05, 3.63) is 60.0 Å². The molecule has 8 nitrogen and oxygen atoms in total. The number of pyridine rings is 1. The number of carbonyl (C=O) groups is 1. The second-order valence-corrected chi connectivity index (χ2v) is 6.96. The SMILES string of the molecule is Cc1nccn1Cc1nnc([C@H]2CCCN(C(=O)c3ccncc3)C2)n1C. The Morgan fingerprint density at radius 1 is 1.22 bits per heavy atom. The normalized spacial score (nSPS) is 17.3. The molecule has 0 aliphatic carbocycles. The number of aromatic nitrogens is 6. The maximum Gasteiger partial charge on any atom is 0.253 e. The van der Waals surface area contributed by atoms with Crippen molar-refractivity contribution in [3.63, 3.8) is 0 Å². The summed E-state index contributed by atoms with van der Waals surface area (Å²) in [5.41, 5.74) is 0.680. The Balaban J connectivity index is 1.50. The van der Waals surface area contributed by atoms with Gasteiger partial charge in [0.1, 0.15) is 11.6 Å². The van der Waals surface area contributed by atoms with Gasteiger partial charge < -0.3 is 14.0 Å². The highest BCUT2D eigenvalue weighted by molar-refractivity contribution is 5.94. The summed E-state index contributed by atoms with van der Waals surface area (Å²) < 4.78 is 4.11. The fourth-order valence-electron chi connectivity index (χ4n) is 3.64. The summed E-state index contributed by atoms with van der Waals surface area (Å²) in [7, 11) is 2.00. The van der Waals surface area contributed by atoms with Crippen molar-refractivity contribution >= 4 is 5.91 Å². The Kier molecular flexibility index (Phi) is 4.70. The quantitative estimate of drug-likeness (QED) is 0.704. The zero-order valence-corrected chi connectivity index (χ0v) is 15.6. The summed E-state index contributed by atoms with van der Waals surface area (Å²) in [5.74, 6) is 3.03. The van der Waals surface area contributed by atoms with Gasteiger partial charge in [-0.05, 0) is 31.9 Å². The number of imidazole rings is 1. The van der Waals surface area contributed by atoms with E-state index in [1.165, 1.54) is 0 Å². The van der Waals surface area contributed by atoms with Crippen molar-refractivity contribution < 1.29 is 4.79 Å². The van der Waals surface area contributed by atoms with Gasteiger partial charge in [-0.2, -0.15) is 0 Å². The molecule has 0 N–H and O–H groups in total. The van der Waals surface area contributed by atoms with E-state index in [0.717, 1.165) is 36.9 Å². The van der Waals surface area contributed by atoms with Crippen molar-refractivity contribution in [2.75, 3.05) is 13.1 Å². The summed E-state index contributed by atoms with van der Waals surface area (Å²) in [6.45, 7) is 4.05. The lowest BCUT2D eigenvalue weighted by Crippen LogP contribution is -2.39. The van der Waals surface area contributed by atoms with Crippen molar-refractivity contribution in [1.82, 2.24) is 34.2 Å². The zero-order valence-electron chi connectivity index (χ0n) is 15.6. The van der Waals surface area contributed by atoms with Crippen LogP contribution in [0.4, 0.5) is 0 Å². The predicted molar refractivity (Wildman–Crippen MR) is 99.2 cm³/mol. The summed E-state index contributed by atoms with van der Waals surface area (Å²) >= 11 is 0. The van der Waals surface area contributed by atoms with Crippen molar-refractivity contribution in [1.29, 1.82) is 0 Å². The van der Waals surface area contributed by atoms with Crippen molar-refractivity contribution in [3.8, 4) is 0 Å². The van der Waals surface area contributed by atoms with E-state index in [1.54, 1.807) is 30.7 Å². The number of rotatable bonds is 4. The first kappa shape index (κ1) is 17.4. The zero-order chi connectivity index (χ0) is 18.8. The average molecular weight is 365 g/mol. The number of hydrogen-bond acceptors (Lipinski definition) is 5. The van der Waals surface area contributed by atoms with Gasteiger partial charge in [-0.25, -0.2) is 4.98 Å². The first-order chi connectivity index (χ1) is 13.1. The molecule has 1 fully saturated rings. The Labute approximate surface area is 157 Å². The van der Waals surface area contributed by atoms with Gasteiger partial charge in [0.25, 0.3) is 5.91 Å². The summed E-state index contributed by atoms with van der Waals surface area (Å²) in [6.07, 6.45) is 9.01. The van der Waals surface area contributed by atoms with Crippen LogP contribution in [-0.4, -0.2) is 53.2 Å². The highest BCUT2D eigenvalue weighted by Gasteiger charge is 2.29. The van der Waals surface area contributed by atoms with Crippen molar-refractivity contribution in [2.45, 2.75) is 32.2 Å². The molecule has 0 radical (unpaired) electrons. The van der Waals surface area contributed by atoms with E-state index in [2.05, 4.69) is 24.7 Å². The minimum Gasteiger partial charge on any atom is -0.338 e. The first-order valence-electron chi connectivity index (χ1n) is 9.18. The summed E-state index contributed by atoms with van der Waals surface area (Å²) in [5, 5.41) is 8.83. The molecular weight excluding hydrogens is 342 g/mol. The molecule has 3 aromatic heterocycles. The highest BCUT2D eigenvalue weighted by atomic mass is 16.2. The molecule has 0 aromatic carbocycles. The van der Waals surface area contributed by atoms with Crippen LogP contribution in [-0.2, 0) is 13.6 Å². The Bertz CT molecular complexity index is 931. The molecule has 27 heavy (non-hydrogen) atoms. The van der Waals surface area contributed by atoms with Crippen LogP contribution in [0.1, 0.15) is 46.6 Å². The Hall–Kier alpha value is -3.03. The summed E-state index contributed by atoms with van der Waals surface area (Å²) in [6, 6.07) is 3.53. The monoisotopic (exact) mass is 365 g/mol. The van der Waals surface area contributed by atoms with E-state index in [4.69, 9.17) is 0 Å². The van der Waals surface area contributed by atoms with Gasteiger partial charge in [0.2, 0.25) is 0 Å². The number of hydrogen-bond donors (Lipinski definition) is 0. The van der Waals surface area contributed by atoms with E-state index in [0.29, 0.717) is 18.7 Å². The molecule has 3 aromatic rings. The molecule has 0 spiro atoms. The minimum absolute atomic E-state index is 0.0542. The number of likely N-dealkylation sites (tertiary alicyclic amines) is 1. The molecule has 1 saturated heterocycles. The molecule has 1 amide bonds. The Morgan fingerprint density at radius 3 is 2.78 bits per heavy atom. The van der Waals surface area contributed by atoms with Gasteiger partial charge in [0.05, 0.1) is 6.54 Å². The van der Waals surface area contributed by atoms with Gasteiger partial charge >= 0.3 is 0 Å². The topological polar surface area (TPSA) is 81.7 Å². The molecule has 0 saturated carbocycles. The fraction of sp³-hybridized carbons (Fsp3) is 0.421. The standard InChI is InChI=1S/C19H23N7O/c1-14-21-9-11-25(14)13-17-22-23-18(24(17)2)16-4-3-10-26(12-16)19(27)15-5-7-20-8-6-15/h5-9,11,16H,3-4,10,12-13H2,1-2H3/t16-/m0/s1. The lowest BCUT2D eigenvalue weighted by atomic mass is 9.96. The van der Waals surface area contributed by atoms with Crippen LogP contribution in [0.3, 0.4) is 0 Å². The van der Waals surface area contributed by atoms with Gasteiger partial charge in [0.15, 0.2) is 5.82 Å². The van der Waals surface area contributed by atoms with Crippen LogP contribution >= 0.6 is 0 Å². The van der Waals surface area contributed by atoms with Gasteiger partial charge in [0, 0.05) is 56.4 Å². The van der Waals surface area contributed by atoms with E-state index in [9.17, 15) is 4.79 Å². The lowest BCUT2D eigenvalue weighted by molar-refractivity contribution is 0.0703. The van der Waals surface area contributed by atoms with E-state index < -0.39 is 0 Å². The van der Waals surface area contributed by atoms with E-state index >= 15 is 0 Å². The first-order valence-corrected chi connectivity index (χ1v) is 9.18. The predicted octanol–water partition coefficient (Wildman–Crippen LogP) is 1.78. The number of carbonyl (C=O) groups excluding carboxylic acids is 1. The van der Waals surface area contributed by atoms with Gasteiger partial charge in [-0.1, -0.05) is 0 Å². The number of piperidine rings is 1. The molecule has 140 valence electrons. The second-order valence-electron chi connectivity index (χ2n) is 6.96. The van der Waals surface area contributed by atoms with E-state index in [-0.39, 0.29) is 11.8 Å². The van der Waals surface area contributed by atoms with Crippen LogP contribution in [0.15, 0.2) is 36.9 Å². The Morgan fingerprint density at radius 2 is 2.04 bits per heavy atom. The third-order valence-electron chi connectivity index (χ3n) is 5.24. The van der Waals surface area contributed by atoms with E-state index in [1.807, 2.05) is 29.6 Å². The van der Waals surface area contributed by atoms with Crippen LogP contribution in [0.5, 0.6) is 0 Å². The number of aryl methyl sites for hydroxylation is 1. The maximum absolute atomic E-state index is 12.8. The lowest BCUT2D eigenvalue weighted by Gasteiger charge is -2.32. The highest BCUT2D eigenvalue weighted by Crippen LogP contribution is 2.27. The smallest absolute Gasteiger partial charge is 0.253 e. The van der Waals surface area contributed by atoms with Crippen LogP contribution in [0, 0.1) is 6.92 Å². The third-order valence-corrected chi connectivity index (χ3v) is 5.24. The maximum atomic E-state index is 12.8. The molecule has 8 heteroatoms. The molecular formula is C19H23N7O. The average Bonchev–Trinajstić information content (AvgIpc) is 3.28. The van der Waals surface area contributed by atoms with Crippen LogP contribution in [0.25, 0.3) is 0 Å². The van der Waals surface area contributed by atoms with Gasteiger partial charge in [-0.3, -0.25) is 9.78 Å². The molecule has 1 atom stereocenters. The molecule has 1 aliphatic rings. The third kappa shape index (κ3) is 3.47. The van der Waals surface area contributed by atoms with Crippen LogP contribution < -0.4 is 0 Å². The number of nitrogens with zero attached hydrogens (tertiary/aromatic N) is 7. The second kappa shape index (κ2) is 7.30. The fourth-order valence-corrected chi connectivity index (χ4v) is 3.64. The van der Waals surface area contributed by atoms with Crippen LogP contribution in [0.2, 0.25) is 0 Å². The van der Waals surface area contributed by atoms with Gasteiger partial charge in [-0.15, -0.1) is 10.2 Å². The number of amides is 1. The molecule has 1 aliphatic heterocycles. The largest absolute Gasteiger partial charge is 0.338 e. The molecule has 4 rings (SSSR count). The molecule has 4 heterocycles.